The Balaban J connectivity index is 1.58. The van der Waals surface area contributed by atoms with Crippen molar-refractivity contribution in [3.63, 3.8) is 0 Å². The molecule has 4 nitrogen and oxygen atoms in total. The number of hydrogen-bond donors (Lipinski definition) is 0. The van der Waals surface area contributed by atoms with Crippen molar-refractivity contribution in [2.24, 2.45) is 5.92 Å². The van der Waals surface area contributed by atoms with E-state index in [2.05, 4.69) is 24.3 Å². The van der Waals surface area contributed by atoms with E-state index in [-0.39, 0.29) is 0 Å². The third-order valence-electron chi connectivity index (χ3n) is 4.45. The average molecular weight is 319 g/mol. The molecule has 0 atom stereocenters. The molecule has 1 aromatic rings. The number of likely N-dealkylation sites (tertiary alicyclic amines) is 1. The van der Waals surface area contributed by atoms with Crippen LogP contribution in [-0.4, -0.2) is 50.8 Å². The summed E-state index contributed by atoms with van der Waals surface area (Å²) in [5.74, 6) is 0.889. The fourth-order valence-electron chi connectivity index (χ4n) is 2.99. The Hall–Kier alpha value is -1.39. The van der Waals surface area contributed by atoms with E-state index in [9.17, 15) is 4.79 Å². The highest BCUT2D eigenvalue weighted by atomic mass is 16.5. The van der Waals surface area contributed by atoms with Crippen LogP contribution >= 0.6 is 0 Å². The summed E-state index contributed by atoms with van der Waals surface area (Å²) in [4.78, 5) is 14.3. The van der Waals surface area contributed by atoms with Crippen LogP contribution in [0.3, 0.4) is 0 Å². The van der Waals surface area contributed by atoms with Gasteiger partial charge < -0.3 is 14.4 Å². The molecule has 0 radical (unpaired) electrons. The molecule has 1 aliphatic rings. The summed E-state index contributed by atoms with van der Waals surface area (Å²) < 4.78 is 10.6. The third-order valence-corrected chi connectivity index (χ3v) is 4.45. The predicted octanol–water partition coefficient (Wildman–Crippen LogP) is 2.91. The number of methoxy groups -OCH3 is 1. The second-order valence-corrected chi connectivity index (χ2v) is 6.23. The van der Waals surface area contributed by atoms with Gasteiger partial charge in [-0.1, -0.05) is 30.3 Å². The summed E-state index contributed by atoms with van der Waals surface area (Å²) >= 11 is 0. The molecular formula is C19H29NO3. The highest BCUT2D eigenvalue weighted by Gasteiger charge is 2.22. The van der Waals surface area contributed by atoms with E-state index in [0.29, 0.717) is 31.5 Å². The van der Waals surface area contributed by atoms with Gasteiger partial charge in [0.15, 0.2) is 0 Å². The zero-order chi connectivity index (χ0) is 16.3. The maximum Gasteiger partial charge on any atom is 0.222 e. The van der Waals surface area contributed by atoms with E-state index < -0.39 is 0 Å². The van der Waals surface area contributed by atoms with Gasteiger partial charge in [-0.05, 0) is 37.2 Å². The largest absolute Gasteiger partial charge is 0.382 e. The number of nitrogens with zero attached hydrogens (tertiary/aromatic N) is 1. The van der Waals surface area contributed by atoms with Crippen molar-refractivity contribution >= 4 is 5.91 Å². The van der Waals surface area contributed by atoms with Gasteiger partial charge in [0.25, 0.3) is 0 Å². The second-order valence-electron chi connectivity index (χ2n) is 6.23. The number of benzene rings is 1. The first-order chi connectivity index (χ1) is 11.3. The first-order valence-corrected chi connectivity index (χ1v) is 8.68. The van der Waals surface area contributed by atoms with Gasteiger partial charge in [-0.15, -0.1) is 0 Å². The molecule has 2 rings (SSSR count). The maximum atomic E-state index is 12.3. The van der Waals surface area contributed by atoms with Gasteiger partial charge in [-0.25, -0.2) is 0 Å². The first-order valence-electron chi connectivity index (χ1n) is 8.68. The van der Waals surface area contributed by atoms with Gasteiger partial charge in [0.1, 0.15) is 0 Å². The highest BCUT2D eigenvalue weighted by molar-refractivity contribution is 5.76. The molecule has 0 bridgehead atoms. The van der Waals surface area contributed by atoms with Crippen LogP contribution < -0.4 is 0 Å². The maximum absolute atomic E-state index is 12.3. The topological polar surface area (TPSA) is 38.8 Å². The molecular weight excluding hydrogens is 290 g/mol. The summed E-state index contributed by atoms with van der Waals surface area (Å²) in [5.41, 5.74) is 1.31. The fourth-order valence-corrected chi connectivity index (χ4v) is 2.99. The molecule has 1 amide bonds. The number of aryl methyl sites for hydroxylation is 1. The molecule has 1 aromatic carbocycles. The fraction of sp³-hybridized carbons (Fsp3) is 0.632. The van der Waals surface area contributed by atoms with E-state index in [0.717, 1.165) is 45.4 Å². The quantitative estimate of drug-likeness (QED) is 0.657. The van der Waals surface area contributed by atoms with Crippen LogP contribution in [0, 0.1) is 5.92 Å². The van der Waals surface area contributed by atoms with Crippen LogP contribution in [0.25, 0.3) is 0 Å². The van der Waals surface area contributed by atoms with Crippen LogP contribution in [0.2, 0.25) is 0 Å². The Kier molecular flexibility index (Phi) is 8.12. The van der Waals surface area contributed by atoms with Crippen molar-refractivity contribution in [1.82, 2.24) is 4.90 Å². The van der Waals surface area contributed by atoms with Gasteiger partial charge in [0.05, 0.1) is 13.2 Å². The molecule has 1 aliphatic heterocycles. The van der Waals surface area contributed by atoms with Crippen molar-refractivity contribution in [2.75, 3.05) is 40.0 Å². The number of carbonyl (C=O) groups is 1. The van der Waals surface area contributed by atoms with Crippen molar-refractivity contribution in [2.45, 2.75) is 32.1 Å². The van der Waals surface area contributed by atoms with E-state index >= 15 is 0 Å². The summed E-state index contributed by atoms with van der Waals surface area (Å²) in [6.07, 6.45) is 4.68. The second kappa shape index (κ2) is 10.4. The Morgan fingerprint density at radius 3 is 2.61 bits per heavy atom. The Labute approximate surface area is 139 Å². The van der Waals surface area contributed by atoms with Crippen LogP contribution in [0.15, 0.2) is 30.3 Å². The van der Waals surface area contributed by atoms with Crippen molar-refractivity contribution < 1.29 is 14.3 Å². The molecule has 4 heteroatoms. The molecule has 0 spiro atoms. The van der Waals surface area contributed by atoms with Crippen LogP contribution in [-0.2, 0) is 20.7 Å². The summed E-state index contributed by atoms with van der Waals surface area (Å²) in [5, 5.41) is 0. The van der Waals surface area contributed by atoms with Crippen LogP contribution in [0.1, 0.15) is 31.2 Å². The highest BCUT2D eigenvalue weighted by Crippen LogP contribution is 2.18. The lowest BCUT2D eigenvalue weighted by molar-refractivity contribution is -0.133. The molecule has 128 valence electrons. The smallest absolute Gasteiger partial charge is 0.222 e. The standard InChI is InChI=1S/C19H29NO3/c1-22-14-15-23-16-18-10-12-20(13-11-18)19(21)9-5-8-17-6-3-2-4-7-17/h2-4,6-7,18H,5,8-16H2,1H3. The van der Waals surface area contributed by atoms with Crippen LogP contribution in [0.4, 0.5) is 0 Å². The van der Waals surface area contributed by atoms with Gasteiger partial charge in [-0.2, -0.15) is 0 Å². The normalized spacial score (nSPS) is 15.8. The van der Waals surface area contributed by atoms with E-state index in [4.69, 9.17) is 9.47 Å². The Morgan fingerprint density at radius 1 is 1.17 bits per heavy atom. The lowest BCUT2D eigenvalue weighted by Crippen LogP contribution is -2.39. The SMILES string of the molecule is COCCOCC1CCN(C(=O)CCCc2ccccc2)CC1. The molecule has 1 saturated heterocycles. The molecule has 1 fully saturated rings. The van der Waals surface area contributed by atoms with Crippen molar-refractivity contribution in [3.05, 3.63) is 35.9 Å². The summed E-state index contributed by atoms with van der Waals surface area (Å²) in [6, 6.07) is 10.4. The summed E-state index contributed by atoms with van der Waals surface area (Å²) in [6.45, 7) is 3.86. The molecule has 0 saturated carbocycles. The van der Waals surface area contributed by atoms with E-state index in [1.807, 2.05) is 11.0 Å². The molecule has 0 N–H and O–H groups in total. The van der Waals surface area contributed by atoms with Crippen molar-refractivity contribution in [3.8, 4) is 0 Å². The molecule has 0 aliphatic carbocycles. The third kappa shape index (κ3) is 6.71. The lowest BCUT2D eigenvalue weighted by Gasteiger charge is -2.32. The van der Waals surface area contributed by atoms with Gasteiger partial charge in [0, 0.05) is 33.2 Å². The zero-order valence-electron chi connectivity index (χ0n) is 14.2. The number of carbonyl (C=O) groups excluding carboxylic acids is 1. The lowest BCUT2D eigenvalue weighted by atomic mass is 9.97. The Morgan fingerprint density at radius 2 is 1.91 bits per heavy atom. The number of piperidine rings is 1. The monoisotopic (exact) mass is 319 g/mol. The van der Waals surface area contributed by atoms with E-state index in [1.54, 1.807) is 7.11 Å². The van der Waals surface area contributed by atoms with Gasteiger partial charge >= 0.3 is 0 Å². The van der Waals surface area contributed by atoms with Gasteiger partial charge in [0.2, 0.25) is 5.91 Å². The first kappa shape index (κ1) is 18.0. The number of hydrogen-bond acceptors (Lipinski definition) is 3. The minimum absolute atomic E-state index is 0.305. The molecule has 1 heterocycles. The van der Waals surface area contributed by atoms with E-state index in [1.165, 1.54) is 5.56 Å². The minimum atomic E-state index is 0.305. The van der Waals surface area contributed by atoms with Crippen LogP contribution in [0.5, 0.6) is 0 Å². The summed E-state index contributed by atoms with van der Waals surface area (Å²) in [7, 11) is 1.69. The minimum Gasteiger partial charge on any atom is -0.382 e. The molecule has 23 heavy (non-hydrogen) atoms. The molecule has 0 unspecified atom stereocenters. The predicted molar refractivity (Wildman–Crippen MR) is 91.4 cm³/mol. The number of amides is 1. The number of ether oxygens (including phenoxy) is 2. The van der Waals surface area contributed by atoms with Crippen molar-refractivity contribution in [1.29, 1.82) is 0 Å². The average Bonchev–Trinajstić information content (AvgIpc) is 2.60. The molecule has 0 aromatic heterocycles. The zero-order valence-corrected chi connectivity index (χ0v) is 14.2. The van der Waals surface area contributed by atoms with Gasteiger partial charge in [-0.3, -0.25) is 4.79 Å². The number of rotatable bonds is 9. The Bertz CT molecular complexity index is 441.